The maximum absolute atomic E-state index is 12.2. The van der Waals surface area contributed by atoms with E-state index in [4.69, 9.17) is 4.74 Å². The van der Waals surface area contributed by atoms with Gasteiger partial charge in [0.15, 0.2) is 0 Å². The number of ether oxygens (including phenoxy) is 1. The van der Waals surface area contributed by atoms with E-state index < -0.39 is 5.97 Å². The highest BCUT2D eigenvalue weighted by Gasteiger charge is 2.17. The summed E-state index contributed by atoms with van der Waals surface area (Å²) in [6, 6.07) is 5.57. The Morgan fingerprint density at radius 3 is 2.88 bits per heavy atom. The summed E-state index contributed by atoms with van der Waals surface area (Å²) >= 11 is 2.45. The van der Waals surface area contributed by atoms with Gasteiger partial charge in [-0.3, -0.25) is 4.79 Å². The minimum Gasteiger partial charge on any atom is -0.462 e. The number of hydrogen-bond acceptors (Lipinski definition) is 7. The van der Waals surface area contributed by atoms with Crippen LogP contribution in [0, 0.1) is 25.2 Å². The lowest BCUT2D eigenvalue weighted by molar-refractivity contribution is -0.113. The molecule has 0 saturated heterocycles. The van der Waals surface area contributed by atoms with Crippen LogP contribution in [-0.4, -0.2) is 29.2 Å². The van der Waals surface area contributed by atoms with Crippen LogP contribution in [0.25, 0.3) is 0 Å². The number of nitrogens with zero attached hydrogens (tertiary/aromatic N) is 2. The van der Waals surface area contributed by atoms with Gasteiger partial charge in [-0.2, -0.15) is 5.26 Å². The van der Waals surface area contributed by atoms with Crippen molar-refractivity contribution in [3.05, 3.63) is 39.9 Å². The summed E-state index contributed by atoms with van der Waals surface area (Å²) in [5, 5.41) is 14.7. The molecule has 2 aromatic heterocycles. The Labute approximate surface area is 154 Å². The zero-order chi connectivity index (χ0) is 18.4. The first-order valence-electron chi connectivity index (χ1n) is 7.51. The van der Waals surface area contributed by atoms with E-state index in [1.54, 1.807) is 18.4 Å². The summed E-state index contributed by atoms with van der Waals surface area (Å²) in [5.74, 6) is -0.651. The first-order valence-corrected chi connectivity index (χ1v) is 9.38. The minimum atomic E-state index is -0.463. The monoisotopic (exact) mass is 375 g/mol. The van der Waals surface area contributed by atoms with E-state index in [1.807, 2.05) is 19.9 Å². The van der Waals surface area contributed by atoms with Crippen LogP contribution < -0.4 is 5.32 Å². The number of pyridine rings is 1. The summed E-state index contributed by atoms with van der Waals surface area (Å²) in [6.45, 7) is 5.68. The lowest BCUT2D eigenvalue weighted by Gasteiger charge is -2.08. The Morgan fingerprint density at radius 1 is 1.44 bits per heavy atom. The number of carbonyl (C=O) groups excluding carboxylic acids is 2. The van der Waals surface area contributed by atoms with Gasteiger partial charge < -0.3 is 10.1 Å². The summed E-state index contributed by atoms with van der Waals surface area (Å²) < 4.78 is 4.96. The number of aromatic nitrogens is 1. The first kappa shape index (κ1) is 19.0. The van der Waals surface area contributed by atoms with E-state index in [0.717, 1.165) is 11.3 Å². The number of esters is 1. The molecule has 0 aliphatic carbocycles. The van der Waals surface area contributed by atoms with Crippen LogP contribution in [0.1, 0.15) is 34.1 Å². The highest BCUT2D eigenvalue weighted by atomic mass is 32.2. The molecular weight excluding hydrogens is 358 g/mol. The number of thiophene rings is 1. The smallest absolute Gasteiger partial charge is 0.341 e. The number of rotatable bonds is 6. The second-order valence-electron chi connectivity index (χ2n) is 5.09. The van der Waals surface area contributed by atoms with Crippen molar-refractivity contribution in [1.29, 1.82) is 5.26 Å². The fourth-order valence-corrected chi connectivity index (χ4v) is 3.81. The molecule has 25 heavy (non-hydrogen) atoms. The molecule has 0 bridgehead atoms. The standard InChI is InChI=1S/C17H17N3O3S2/c1-4-23-17(22)12-5-6-24-15(12)20-14(21)9-25-16-13(8-18)10(2)7-11(3)19-16/h5-7H,4,9H2,1-3H3,(H,20,21). The van der Waals surface area contributed by atoms with E-state index in [2.05, 4.69) is 16.4 Å². The molecule has 2 aromatic rings. The zero-order valence-electron chi connectivity index (χ0n) is 14.1. The van der Waals surface area contributed by atoms with Gasteiger partial charge in [0.1, 0.15) is 16.1 Å². The number of amides is 1. The average molecular weight is 375 g/mol. The Balaban J connectivity index is 2.05. The van der Waals surface area contributed by atoms with Gasteiger partial charge in [0.25, 0.3) is 0 Å². The predicted octanol–water partition coefficient (Wildman–Crippen LogP) is 3.54. The highest BCUT2D eigenvalue weighted by molar-refractivity contribution is 8.00. The molecule has 2 heterocycles. The quantitative estimate of drug-likeness (QED) is 0.613. The largest absolute Gasteiger partial charge is 0.462 e. The topological polar surface area (TPSA) is 92.1 Å². The molecule has 0 aliphatic heterocycles. The van der Waals surface area contributed by atoms with Gasteiger partial charge in [-0.05, 0) is 43.8 Å². The van der Waals surface area contributed by atoms with Gasteiger partial charge in [0, 0.05) is 5.69 Å². The summed E-state index contributed by atoms with van der Waals surface area (Å²) in [5.41, 5.74) is 2.45. The number of thioether (sulfide) groups is 1. The Hall–Kier alpha value is -2.37. The van der Waals surface area contributed by atoms with Crippen LogP contribution in [0.5, 0.6) is 0 Å². The summed E-state index contributed by atoms with van der Waals surface area (Å²) in [7, 11) is 0. The summed E-state index contributed by atoms with van der Waals surface area (Å²) in [6.07, 6.45) is 0. The van der Waals surface area contributed by atoms with Crippen LogP contribution >= 0.6 is 23.1 Å². The number of nitrogens with one attached hydrogen (secondary N) is 1. The minimum absolute atomic E-state index is 0.0880. The lowest BCUT2D eigenvalue weighted by atomic mass is 10.1. The average Bonchev–Trinajstić information content (AvgIpc) is 3.01. The van der Waals surface area contributed by atoms with Crippen molar-refractivity contribution in [1.82, 2.24) is 4.98 Å². The SMILES string of the molecule is CCOC(=O)c1ccsc1NC(=O)CSc1nc(C)cc(C)c1C#N. The number of aryl methyl sites for hydroxylation is 2. The molecule has 1 amide bonds. The van der Waals surface area contributed by atoms with Crippen molar-refractivity contribution >= 4 is 40.0 Å². The third-order valence-electron chi connectivity index (χ3n) is 3.18. The highest BCUT2D eigenvalue weighted by Crippen LogP contribution is 2.26. The maximum atomic E-state index is 12.2. The van der Waals surface area contributed by atoms with Gasteiger partial charge in [-0.1, -0.05) is 11.8 Å². The summed E-state index contributed by atoms with van der Waals surface area (Å²) in [4.78, 5) is 28.4. The fourth-order valence-electron chi connectivity index (χ4n) is 2.12. The Morgan fingerprint density at radius 2 is 2.20 bits per heavy atom. The number of carbonyl (C=O) groups is 2. The molecule has 0 radical (unpaired) electrons. The second-order valence-corrected chi connectivity index (χ2v) is 6.97. The molecule has 8 heteroatoms. The molecule has 0 atom stereocenters. The van der Waals surface area contributed by atoms with Crippen LogP contribution in [-0.2, 0) is 9.53 Å². The molecule has 2 rings (SSSR count). The van der Waals surface area contributed by atoms with Crippen molar-refractivity contribution in [3.63, 3.8) is 0 Å². The molecule has 0 saturated carbocycles. The van der Waals surface area contributed by atoms with Crippen molar-refractivity contribution < 1.29 is 14.3 Å². The van der Waals surface area contributed by atoms with Crippen LogP contribution in [0.4, 0.5) is 5.00 Å². The Bertz CT molecular complexity index is 840. The molecule has 0 spiro atoms. The third-order valence-corrected chi connectivity index (χ3v) is 4.98. The molecule has 0 unspecified atom stereocenters. The number of nitriles is 1. The van der Waals surface area contributed by atoms with Gasteiger partial charge in [-0.15, -0.1) is 11.3 Å². The molecule has 1 N–H and O–H groups in total. The molecule has 0 aromatic carbocycles. The van der Waals surface area contributed by atoms with E-state index in [0.29, 0.717) is 21.2 Å². The van der Waals surface area contributed by atoms with E-state index in [1.165, 1.54) is 23.1 Å². The van der Waals surface area contributed by atoms with Crippen LogP contribution in [0.3, 0.4) is 0 Å². The van der Waals surface area contributed by atoms with Crippen molar-refractivity contribution in [2.75, 3.05) is 17.7 Å². The van der Waals surface area contributed by atoms with Gasteiger partial charge in [0.2, 0.25) is 5.91 Å². The molecule has 130 valence electrons. The number of anilines is 1. The maximum Gasteiger partial charge on any atom is 0.341 e. The van der Waals surface area contributed by atoms with Crippen molar-refractivity contribution in [2.45, 2.75) is 25.8 Å². The normalized spacial score (nSPS) is 10.2. The molecule has 0 aliphatic rings. The zero-order valence-corrected chi connectivity index (χ0v) is 15.7. The molecule has 6 nitrogen and oxygen atoms in total. The first-order chi connectivity index (χ1) is 12.0. The van der Waals surface area contributed by atoms with E-state index in [9.17, 15) is 14.9 Å². The Kier molecular flexibility index (Phi) is 6.56. The van der Waals surface area contributed by atoms with Crippen LogP contribution in [0.15, 0.2) is 22.5 Å². The van der Waals surface area contributed by atoms with Gasteiger partial charge >= 0.3 is 5.97 Å². The van der Waals surface area contributed by atoms with Crippen molar-refractivity contribution in [2.24, 2.45) is 0 Å². The van der Waals surface area contributed by atoms with E-state index in [-0.39, 0.29) is 18.3 Å². The number of hydrogen-bond donors (Lipinski definition) is 1. The molecule has 0 fully saturated rings. The van der Waals surface area contributed by atoms with Crippen molar-refractivity contribution in [3.8, 4) is 6.07 Å². The third kappa shape index (κ3) is 4.81. The van der Waals surface area contributed by atoms with Crippen LogP contribution in [0.2, 0.25) is 0 Å². The van der Waals surface area contributed by atoms with Gasteiger partial charge in [0.05, 0.1) is 23.5 Å². The van der Waals surface area contributed by atoms with E-state index >= 15 is 0 Å². The second kappa shape index (κ2) is 8.65. The van der Waals surface area contributed by atoms with Gasteiger partial charge in [-0.25, -0.2) is 9.78 Å². The molecular formula is C17H17N3O3S2. The predicted molar refractivity (Wildman–Crippen MR) is 98.1 cm³/mol. The fraction of sp³-hybridized carbons (Fsp3) is 0.294. The lowest BCUT2D eigenvalue weighted by Crippen LogP contribution is -2.16.